The maximum atomic E-state index is 5.98. The average Bonchev–Trinajstić information content (AvgIpc) is 2.61. The van der Waals surface area contributed by atoms with Gasteiger partial charge in [0.1, 0.15) is 0 Å². The van der Waals surface area contributed by atoms with Crippen LogP contribution in [-0.4, -0.2) is 34.1 Å². The molecule has 0 aromatic heterocycles. The van der Waals surface area contributed by atoms with Crippen molar-refractivity contribution in [1.82, 2.24) is 5.01 Å². The molecule has 0 N–H and O–H groups in total. The Kier molecular flexibility index (Phi) is 2.78. The number of aliphatic imine (C=N–C) groups is 2. The number of rotatable bonds is 1. The Labute approximate surface area is 92.1 Å². The fraction of sp³-hybridized carbons (Fsp3) is 0.625. The Morgan fingerprint density at radius 3 is 3.07 bits per heavy atom. The Balaban J connectivity index is 2.27. The van der Waals surface area contributed by atoms with E-state index in [9.17, 15) is 0 Å². The number of hydrogen-bond donors (Lipinski definition) is 0. The second kappa shape index (κ2) is 3.90. The van der Waals surface area contributed by atoms with Gasteiger partial charge in [0.05, 0.1) is 0 Å². The molecule has 2 rings (SSSR count). The van der Waals surface area contributed by atoms with Crippen molar-refractivity contribution in [3.8, 4) is 0 Å². The lowest BCUT2D eigenvalue weighted by Crippen LogP contribution is -2.36. The standard InChI is InChI=1S/C8H11ClN4S/c1-3-5-4-10-13-6(5)11-8(14-2)12-7(13)9/h4-6H,3H2,1-2H3. The molecule has 2 atom stereocenters. The molecule has 6 heteroatoms. The van der Waals surface area contributed by atoms with Crippen LogP contribution < -0.4 is 0 Å². The third-order valence-electron chi connectivity index (χ3n) is 2.29. The van der Waals surface area contributed by atoms with E-state index in [2.05, 4.69) is 22.0 Å². The Hall–Kier alpha value is -0.550. The second-order valence-corrected chi connectivity index (χ2v) is 4.20. The molecule has 0 spiro atoms. The van der Waals surface area contributed by atoms with E-state index in [0.717, 1.165) is 11.6 Å². The lowest BCUT2D eigenvalue weighted by atomic mass is 10.1. The van der Waals surface area contributed by atoms with Gasteiger partial charge in [0.25, 0.3) is 0 Å². The molecule has 0 saturated heterocycles. The van der Waals surface area contributed by atoms with E-state index in [1.807, 2.05) is 12.5 Å². The third kappa shape index (κ3) is 1.54. The van der Waals surface area contributed by atoms with Crippen LogP contribution in [0.4, 0.5) is 0 Å². The number of hydrogen-bond acceptors (Lipinski definition) is 5. The Morgan fingerprint density at radius 1 is 1.64 bits per heavy atom. The lowest BCUT2D eigenvalue weighted by Gasteiger charge is -2.25. The molecule has 2 unspecified atom stereocenters. The van der Waals surface area contributed by atoms with Crippen molar-refractivity contribution in [3.05, 3.63) is 0 Å². The summed E-state index contributed by atoms with van der Waals surface area (Å²) < 4.78 is 0. The van der Waals surface area contributed by atoms with Crippen molar-refractivity contribution >= 4 is 40.0 Å². The van der Waals surface area contributed by atoms with E-state index in [0.29, 0.717) is 11.2 Å². The van der Waals surface area contributed by atoms with Crippen LogP contribution in [0.3, 0.4) is 0 Å². The maximum absolute atomic E-state index is 5.98. The fourth-order valence-electron chi connectivity index (χ4n) is 1.48. The van der Waals surface area contributed by atoms with Gasteiger partial charge in [-0.2, -0.15) is 10.1 Å². The molecule has 2 aliphatic rings. The van der Waals surface area contributed by atoms with Gasteiger partial charge in [-0.15, -0.1) is 0 Å². The zero-order chi connectivity index (χ0) is 10.1. The zero-order valence-electron chi connectivity index (χ0n) is 8.01. The number of nitrogens with zero attached hydrogens (tertiary/aromatic N) is 4. The molecule has 14 heavy (non-hydrogen) atoms. The van der Waals surface area contributed by atoms with Crippen molar-refractivity contribution in [2.45, 2.75) is 19.5 Å². The molecule has 0 aliphatic carbocycles. The lowest BCUT2D eigenvalue weighted by molar-refractivity contribution is 0.317. The first kappa shape index (κ1) is 9.98. The van der Waals surface area contributed by atoms with Crippen molar-refractivity contribution < 1.29 is 0 Å². The topological polar surface area (TPSA) is 40.3 Å². The highest BCUT2D eigenvalue weighted by Gasteiger charge is 2.34. The third-order valence-corrected chi connectivity index (χ3v) is 3.11. The van der Waals surface area contributed by atoms with Gasteiger partial charge in [0.15, 0.2) is 11.3 Å². The quantitative estimate of drug-likeness (QED) is 0.647. The van der Waals surface area contributed by atoms with Gasteiger partial charge in [-0.25, -0.2) is 10.0 Å². The summed E-state index contributed by atoms with van der Waals surface area (Å²) >= 11 is 7.49. The minimum atomic E-state index is 0.0208. The molecular weight excluding hydrogens is 220 g/mol. The van der Waals surface area contributed by atoms with Crippen LogP contribution in [-0.2, 0) is 0 Å². The molecule has 0 bridgehead atoms. The van der Waals surface area contributed by atoms with Crippen molar-refractivity contribution in [1.29, 1.82) is 0 Å². The van der Waals surface area contributed by atoms with E-state index in [4.69, 9.17) is 11.6 Å². The molecule has 0 amide bonds. The molecule has 76 valence electrons. The van der Waals surface area contributed by atoms with Gasteiger partial charge in [-0.05, 0) is 24.3 Å². The average molecular weight is 231 g/mol. The van der Waals surface area contributed by atoms with Crippen LogP contribution in [0.1, 0.15) is 13.3 Å². The van der Waals surface area contributed by atoms with Crippen LogP contribution in [0.15, 0.2) is 15.1 Å². The molecule has 0 saturated carbocycles. The van der Waals surface area contributed by atoms with E-state index >= 15 is 0 Å². The molecule has 4 nitrogen and oxygen atoms in total. The first-order valence-corrected chi connectivity index (χ1v) is 6.06. The Morgan fingerprint density at radius 2 is 2.43 bits per heavy atom. The SMILES string of the molecule is CCC1C=NN2C(Cl)=NC(SC)=NC12. The van der Waals surface area contributed by atoms with Crippen LogP contribution in [0, 0.1) is 5.92 Å². The molecule has 0 fully saturated rings. The first-order chi connectivity index (χ1) is 6.76. The highest BCUT2D eigenvalue weighted by molar-refractivity contribution is 8.13. The Bertz CT molecular complexity index is 325. The summed E-state index contributed by atoms with van der Waals surface area (Å²) in [5, 5.41) is 7.02. The number of hydrazone groups is 1. The predicted molar refractivity (Wildman–Crippen MR) is 62.1 cm³/mol. The first-order valence-electron chi connectivity index (χ1n) is 4.45. The highest BCUT2D eigenvalue weighted by atomic mass is 35.5. The molecule has 0 aromatic carbocycles. The van der Waals surface area contributed by atoms with Crippen molar-refractivity contribution in [2.24, 2.45) is 21.0 Å². The summed E-state index contributed by atoms with van der Waals surface area (Å²) in [6.07, 6.45) is 4.88. The number of halogens is 1. The summed E-state index contributed by atoms with van der Waals surface area (Å²) in [6, 6.07) is 0. The van der Waals surface area contributed by atoms with Crippen LogP contribution in [0.5, 0.6) is 0 Å². The van der Waals surface area contributed by atoms with E-state index in [1.165, 1.54) is 11.8 Å². The minimum Gasteiger partial charge on any atom is -0.233 e. The monoisotopic (exact) mass is 230 g/mol. The normalized spacial score (nSPS) is 30.1. The highest BCUT2D eigenvalue weighted by Crippen LogP contribution is 2.27. The smallest absolute Gasteiger partial charge is 0.223 e. The van der Waals surface area contributed by atoms with Gasteiger partial charge < -0.3 is 0 Å². The second-order valence-electron chi connectivity index (χ2n) is 3.09. The number of amidine groups is 2. The molecule has 0 radical (unpaired) electrons. The van der Waals surface area contributed by atoms with Gasteiger partial charge >= 0.3 is 0 Å². The molecule has 0 aromatic rings. The predicted octanol–water partition coefficient (Wildman–Crippen LogP) is 1.97. The van der Waals surface area contributed by atoms with Gasteiger partial charge in [0.2, 0.25) is 5.29 Å². The summed E-state index contributed by atoms with van der Waals surface area (Å²) in [7, 11) is 0. The number of fused-ring (bicyclic) bond motifs is 1. The molecule has 2 aliphatic heterocycles. The zero-order valence-corrected chi connectivity index (χ0v) is 9.59. The fourth-order valence-corrected chi connectivity index (χ4v) is 2.14. The van der Waals surface area contributed by atoms with Gasteiger partial charge in [0, 0.05) is 12.1 Å². The molecular formula is C8H11ClN4S. The van der Waals surface area contributed by atoms with E-state index < -0.39 is 0 Å². The summed E-state index contributed by atoms with van der Waals surface area (Å²) in [4.78, 5) is 8.59. The van der Waals surface area contributed by atoms with Crippen molar-refractivity contribution in [3.63, 3.8) is 0 Å². The van der Waals surface area contributed by atoms with Crippen LogP contribution >= 0.6 is 23.4 Å². The summed E-state index contributed by atoms with van der Waals surface area (Å²) in [5.41, 5.74) is 0. The van der Waals surface area contributed by atoms with Crippen LogP contribution in [0.25, 0.3) is 0 Å². The van der Waals surface area contributed by atoms with Crippen LogP contribution in [0.2, 0.25) is 0 Å². The largest absolute Gasteiger partial charge is 0.233 e. The number of thioether (sulfide) groups is 1. The summed E-state index contributed by atoms with van der Waals surface area (Å²) in [5.74, 6) is 0.349. The maximum Gasteiger partial charge on any atom is 0.223 e. The van der Waals surface area contributed by atoms with E-state index in [1.54, 1.807) is 5.01 Å². The molecule has 2 heterocycles. The van der Waals surface area contributed by atoms with Crippen molar-refractivity contribution in [2.75, 3.05) is 6.26 Å². The minimum absolute atomic E-state index is 0.0208. The van der Waals surface area contributed by atoms with E-state index in [-0.39, 0.29) is 6.17 Å². The van der Waals surface area contributed by atoms with Gasteiger partial charge in [-0.3, -0.25) is 0 Å². The van der Waals surface area contributed by atoms with Gasteiger partial charge in [-0.1, -0.05) is 18.7 Å². The summed E-state index contributed by atoms with van der Waals surface area (Å²) in [6.45, 7) is 2.12.